The van der Waals surface area contributed by atoms with Gasteiger partial charge in [0.15, 0.2) is 5.82 Å². The van der Waals surface area contributed by atoms with E-state index in [-0.39, 0.29) is 17.6 Å². The van der Waals surface area contributed by atoms with Crippen LogP contribution in [0, 0.1) is 6.92 Å². The highest BCUT2D eigenvalue weighted by atomic mass is 32.1. The normalized spacial score (nSPS) is 17.6. The number of carbonyl (C=O) groups excluding carboxylic acids is 1. The zero-order chi connectivity index (χ0) is 18.0. The second-order valence-electron chi connectivity index (χ2n) is 6.11. The van der Waals surface area contributed by atoms with E-state index in [1.165, 1.54) is 16.1 Å². The summed E-state index contributed by atoms with van der Waals surface area (Å²) in [6, 6.07) is 0. The Morgan fingerprint density at radius 3 is 3.04 bits per heavy atom. The van der Waals surface area contributed by atoms with Crippen molar-refractivity contribution in [3.63, 3.8) is 0 Å². The lowest BCUT2D eigenvalue weighted by Crippen LogP contribution is -2.50. The Morgan fingerprint density at radius 1 is 1.52 bits per heavy atom. The van der Waals surface area contributed by atoms with Gasteiger partial charge < -0.3 is 19.1 Å². The summed E-state index contributed by atoms with van der Waals surface area (Å²) in [5, 5.41) is 1.78. The monoisotopic (exact) mass is 363 g/mol. The molecule has 0 spiro atoms. The van der Waals surface area contributed by atoms with Crippen molar-refractivity contribution in [2.24, 2.45) is 7.05 Å². The summed E-state index contributed by atoms with van der Waals surface area (Å²) in [7, 11) is 3.50. The molecule has 3 heterocycles. The van der Waals surface area contributed by atoms with Crippen molar-refractivity contribution >= 4 is 23.3 Å². The van der Waals surface area contributed by atoms with Gasteiger partial charge in [0, 0.05) is 51.5 Å². The van der Waals surface area contributed by atoms with Crippen LogP contribution in [0.15, 0.2) is 22.6 Å². The molecule has 134 valence electrons. The summed E-state index contributed by atoms with van der Waals surface area (Å²) in [6.07, 6.45) is 3.03. The molecule has 25 heavy (non-hydrogen) atoms. The summed E-state index contributed by atoms with van der Waals surface area (Å²) in [6.45, 7) is 3.83. The number of hydrogen-bond acceptors (Lipinski definition) is 7. The van der Waals surface area contributed by atoms with Crippen molar-refractivity contribution in [2.75, 3.05) is 38.2 Å². The van der Waals surface area contributed by atoms with Gasteiger partial charge >= 0.3 is 0 Å². The largest absolute Gasteiger partial charge is 0.373 e. The van der Waals surface area contributed by atoms with Gasteiger partial charge in [0.25, 0.3) is 11.5 Å². The van der Waals surface area contributed by atoms with Gasteiger partial charge in [0.05, 0.1) is 24.0 Å². The number of hydrogen-bond donors (Lipinski definition) is 0. The second kappa shape index (κ2) is 7.32. The lowest BCUT2D eigenvalue weighted by Gasteiger charge is -2.35. The van der Waals surface area contributed by atoms with Crippen LogP contribution in [-0.4, -0.2) is 64.1 Å². The molecule has 1 aliphatic heterocycles. The predicted octanol–water partition coefficient (Wildman–Crippen LogP) is 0.523. The lowest BCUT2D eigenvalue weighted by molar-refractivity contribution is -0.0172. The maximum Gasteiger partial charge on any atom is 0.293 e. The van der Waals surface area contributed by atoms with Gasteiger partial charge in [-0.1, -0.05) is 0 Å². The van der Waals surface area contributed by atoms with Crippen molar-refractivity contribution in [3.05, 3.63) is 39.4 Å². The van der Waals surface area contributed by atoms with Crippen LogP contribution < -0.4 is 10.5 Å². The van der Waals surface area contributed by atoms with Crippen LogP contribution in [0.25, 0.3) is 0 Å². The molecular formula is C16H21N5O3S. The van der Waals surface area contributed by atoms with E-state index in [0.29, 0.717) is 37.6 Å². The first-order valence-electron chi connectivity index (χ1n) is 8.02. The number of ether oxygens (including phenoxy) is 1. The van der Waals surface area contributed by atoms with Gasteiger partial charge in [-0.15, -0.1) is 0 Å². The van der Waals surface area contributed by atoms with Crippen LogP contribution in [0.3, 0.4) is 0 Å². The molecule has 0 N–H and O–H groups in total. The molecule has 1 amide bonds. The van der Waals surface area contributed by atoms with E-state index in [1.807, 2.05) is 6.92 Å². The molecule has 0 aromatic carbocycles. The summed E-state index contributed by atoms with van der Waals surface area (Å²) in [4.78, 5) is 32.5. The molecule has 2 aromatic heterocycles. The first-order chi connectivity index (χ1) is 12.0. The molecule has 0 bridgehead atoms. The Kier molecular flexibility index (Phi) is 5.14. The standard InChI is InChI=1S/C16H21N5O3S/c1-11-13(10-25-18-11)15(22)21-6-7-24-12(9-21)8-20(3)14-16(23)19(2)5-4-17-14/h4-5,10,12H,6-9H2,1-3H3. The number of carbonyl (C=O) groups is 1. The Hall–Kier alpha value is -2.26. The zero-order valence-electron chi connectivity index (χ0n) is 14.5. The molecule has 9 heteroatoms. The first kappa shape index (κ1) is 17.6. The van der Waals surface area contributed by atoms with Crippen molar-refractivity contribution in [2.45, 2.75) is 13.0 Å². The van der Waals surface area contributed by atoms with Crippen molar-refractivity contribution in [3.8, 4) is 0 Å². The van der Waals surface area contributed by atoms with Crippen LogP contribution in [0.4, 0.5) is 5.82 Å². The highest BCUT2D eigenvalue weighted by Crippen LogP contribution is 2.16. The Labute approximate surface area is 149 Å². The molecular weight excluding hydrogens is 342 g/mol. The second-order valence-corrected chi connectivity index (χ2v) is 6.73. The number of morpholine rings is 1. The third-order valence-electron chi connectivity index (χ3n) is 4.24. The number of nitrogens with zero attached hydrogens (tertiary/aromatic N) is 5. The smallest absolute Gasteiger partial charge is 0.293 e. The molecule has 3 rings (SSSR count). The quantitative estimate of drug-likeness (QED) is 0.788. The molecule has 1 fully saturated rings. The third kappa shape index (κ3) is 3.72. The maximum absolute atomic E-state index is 12.6. The topological polar surface area (TPSA) is 80.6 Å². The van der Waals surface area contributed by atoms with Crippen LogP contribution >= 0.6 is 11.5 Å². The fraction of sp³-hybridized carbons (Fsp3) is 0.500. The van der Waals surface area contributed by atoms with E-state index in [9.17, 15) is 9.59 Å². The summed E-state index contributed by atoms with van der Waals surface area (Å²) >= 11 is 1.29. The molecule has 1 unspecified atom stereocenters. The highest BCUT2D eigenvalue weighted by molar-refractivity contribution is 7.03. The van der Waals surface area contributed by atoms with E-state index in [1.54, 1.807) is 41.7 Å². The van der Waals surface area contributed by atoms with E-state index in [2.05, 4.69) is 9.36 Å². The molecule has 0 saturated carbocycles. The average Bonchev–Trinajstić information content (AvgIpc) is 3.03. The van der Waals surface area contributed by atoms with Gasteiger partial charge in [-0.05, 0) is 18.5 Å². The van der Waals surface area contributed by atoms with Crippen LogP contribution in [0.5, 0.6) is 0 Å². The molecule has 0 aliphatic carbocycles. The van der Waals surface area contributed by atoms with E-state index >= 15 is 0 Å². The maximum atomic E-state index is 12.6. The Balaban J connectivity index is 1.67. The molecule has 0 radical (unpaired) electrons. The number of anilines is 1. The van der Waals surface area contributed by atoms with Gasteiger partial charge in [-0.3, -0.25) is 9.59 Å². The summed E-state index contributed by atoms with van der Waals surface area (Å²) in [5.74, 6) is 0.353. The number of rotatable bonds is 4. The van der Waals surface area contributed by atoms with E-state index < -0.39 is 0 Å². The van der Waals surface area contributed by atoms with Gasteiger partial charge in [-0.2, -0.15) is 4.37 Å². The number of aromatic nitrogens is 3. The van der Waals surface area contributed by atoms with Gasteiger partial charge in [-0.25, -0.2) is 4.98 Å². The van der Waals surface area contributed by atoms with Crippen molar-refractivity contribution < 1.29 is 9.53 Å². The summed E-state index contributed by atoms with van der Waals surface area (Å²) in [5.41, 5.74) is 1.25. The fourth-order valence-corrected chi connectivity index (χ4v) is 3.51. The molecule has 1 saturated heterocycles. The van der Waals surface area contributed by atoms with Crippen molar-refractivity contribution in [1.82, 2.24) is 18.8 Å². The van der Waals surface area contributed by atoms with Crippen molar-refractivity contribution in [1.29, 1.82) is 0 Å². The molecule has 8 nitrogen and oxygen atoms in total. The fourth-order valence-electron chi connectivity index (χ4n) is 2.82. The predicted molar refractivity (Wildman–Crippen MR) is 95.2 cm³/mol. The number of amides is 1. The van der Waals surface area contributed by atoms with Gasteiger partial charge in [0.1, 0.15) is 0 Å². The van der Waals surface area contributed by atoms with Crippen LogP contribution in [0.1, 0.15) is 16.1 Å². The minimum atomic E-state index is -0.179. The number of likely N-dealkylation sites (N-methyl/N-ethyl adjacent to an activating group) is 1. The Morgan fingerprint density at radius 2 is 2.32 bits per heavy atom. The number of aryl methyl sites for hydroxylation is 2. The molecule has 2 aromatic rings. The molecule has 1 aliphatic rings. The zero-order valence-corrected chi connectivity index (χ0v) is 15.3. The highest BCUT2D eigenvalue weighted by Gasteiger charge is 2.28. The lowest BCUT2D eigenvalue weighted by atomic mass is 10.2. The van der Waals surface area contributed by atoms with Crippen LogP contribution in [-0.2, 0) is 11.8 Å². The molecule has 1 atom stereocenters. The van der Waals surface area contributed by atoms with E-state index in [4.69, 9.17) is 4.74 Å². The Bertz CT molecular complexity index is 818. The summed E-state index contributed by atoms with van der Waals surface area (Å²) < 4.78 is 11.4. The van der Waals surface area contributed by atoms with Gasteiger partial charge in [0.2, 0.25) is 0 Å². The van der Waals surface area contributed by atoms with E-state index in [0.717, 1.165) is 5.69 Å². The minimum Gasteiger partial charge on any atom is -0.373 e. The third-order valence-corrected chi connectivity index (χ3v) is 4.96. The van der Waals surface area contributed by atoms with Crippen LogP contribution in [0.2, 0.25) is 0 Å². The minimum absolute atomic E-state index is 0.0176. The SMILES string of the molecule is Cc1nscc1C(=O)N1CCOC(CN(C)c2nccn(C)c2=O)C1. The average molecular weight is 363 g/mol. The first-order valence-corrected chi connectivity index (χ1v) is 8.85.